The van der Waals surface area contributed by atoms with Crippen LogP contribution in [0, 0.1) is 0 Å². The van der Waals surface area contributed by atoms with Crippen molar-refractivity contribution in [3.8, 4) is 0 Å². The lowest BCUT2D eigenvalue weighted by Crippen LogP contribution is -2.36. The van der Waals surface area contributed by atoms with Crippen LogP contribution in [0.15, 0.2) is 12.2 Å². The van der Waals surface area contributed by atoms with E-state index in [-0.39, 0.29) is 11.9 Å². The minimum Gasteiger partial charge on any atom is -0.480 e. The zero-order chi connectivity index (χ0) is 18.9. The number of thioether (sulfide) groups is 1. The van der Waals surface area contributed by atoms with Crippen LogP contribution in [0.25, 0.3) is 0 Å². The van der Waals surface area contributed by atoms with Gasteiger partial charge in [0, 0.05) is 18.7 Å². The van der Waals surface area contributed by atoms with Gasteiger partial charge >= 0.3 is 5.97 Å². The number of likely N-dealkylation sites (tertiary alicyclic amines) is 1. The number of unbranched alkanes of at least 4 members (excludes halogenated alkanes) is 2. The second-order valence-corrected chi connectivity index (χ2v) is 8.48. The van der Waals surface area contributed by atoms with Gasteiger partial charge in [-0.3, -0.25) is 9.59 Å². The Morgan fingerprint density at radius 1 is 1.44 bits per heavy atom. The third kappa shape index (κ3) is 7.02. The number of hydrogen-bond donors (Lipinski definition) is 2. The molecule has 1 unspecified atom stereocenters. The maximum atomic E-state index is 12.1. The lowest BCUT2D eigenvalue weighted by atomic mass is 10.1. The summed E-state index contributed by atoms with van der Waals surface area (Å²) in [5.74, 6) is -0.0881. The molecular formula is C19H33NO4S. The van der Waals surface area contributed by atoms with E-state index in [1.165, 1.54) is 11.8 Å². The maximum Gasteiger partial charge on any atom is 0.319 e. The minimum atomic E-state index is -0.806. The van der Waals surface area contributed by atoms with E-state index in [9.17, 15) is 19.8 Å². The molecule has 2 N–H and O–H groups in total. The Morgan fingerprint density at radius 3 is 2.76 bits per heavy atom. The molecule has 0 aliphatic carbocycles. The van der Waals surface area contributed by atoms with Gasteiger partial charge in [-0.1, -0.05) is 45.3 Å². The molecule has 1 rings (SSSR count). The number of carbonyl (C=O) groups excluding carboxylic acids is 1. The molecule has 1 saturated heterocycles. The van der Waals surface area contributed by atoms with Crippen molar-refractivity contribution >= 4 is 23.6 Å². The number of carboxylic acid groups (broad SMARTS) is 1. The van der Waals surface area contributed by atoms with E-state index < -0.39 is 16.8 Å². The van der Waals surface area contributed by atoms with Gasteiger partial charge in [0.1, 0.15) is 4.75 Å². The van der Waals surface area contributed by atoms with Crippen LogP contribution in [0.2, 0.25) is 0 Å². The van der Waals surface area contributed by atoms with Crippen molar-refractivity contribution in [3.63, 3.8) is 0 Å². The summed E-state index contributed by atoms with van der Waals surface area (Å²) in [7, 11) is 0. The molecule has 3 atom stereocenters. The highest BCUT2D eigenvalue weighted by atomic mass is 32.2. The largest absolute Gasteiger partial charge is 0.480 e. The summed E-state index contributed by atoms with van der Waals surface area (Å²) in [5.41, 5.74) is 0. The van der Waals surface area contributed by atoms with Crippen LogP contribution in [0.1, 0.15) is 65.7 Å². The second kappa shape index (κ2) is 10.9. The summed E-state index contributed by atoms with van der Waals surface area (Å²) in [4.78, 5) is 25.3. The normalized spacial score (nSPS) is 21.7. The molecule has 1 aliphatic rings. The first-order valence-corrected chi connectivity index (χ1v) is 10.4. The van der Waals surface area contributed by atoms with Crippen LogP contribution in [-0.2, 0) is 9.59 Å². The number of carboxylic acids is 1. The zero-order valence-electron chi connectivity index (χ0n) is 15.7. The average Bonchev–Trinajstić information content (AvgIpc) is 2.93. The van der Waals surface area contributed by atoms with Gasteiger partial charge in [0.05, 0.1) is 12.1 Å². The fourth-order valence-electron chi connectivity index (χ4n) is 2.89. The third-order valence-electron chi connectivity index (χ3n) is 4.91. The second-order valence-electron chi connectivity index (χ2n) is 6.88. The van der Waals surface area contributed by atoms with E-state index in [0.29, 0.717) is 25.1 Å². The molecule has 0 aromatic rings. The number of hydrogen-bond acceptors (Lipinski definition) is 4. The van der Waals surface area contributed by atoms with Crippen molar-refractivity contribution < 1.29 is 19.8 Å². The van der Waals surface area contributed by atoms with Crippen LogP contribution >= 0.6 is 11.8 Å². The first-order chi connectivity index (χ1) is 11.8. The molecule has 1 fully saturated rings. The molecule has 5 nitrogen and oxygen atoms in total. The highest BCUT2D eigenvalue weighted by molar-refractivity contribution is 8.01. The predicted octanol–water partition coefficient (Wildman–Crippen LogP) is 3.46. The molecule has 6 heteroatoms. The Hall–Kier alpha value is -1.01. The average molecular weight is 372 g/mol. The summed E-state index contributed by atoms with van der Waals surface area (Å²) in [6.07, 6.45) is 9.17. The Bertz CT molecular complexity index is 468. The van der Waals surface area contributed by atoms with Gasteiger partial charge in [-0.15, -0.1) is 11.8 Å². The Balaban J connectivity index is 2.50. The third-order valence-corrected chi connectivity index (χ3v) is 6.40. The van der Waals surface area contributed by atoms with Gasteiger partial charge in [0.2, 0.25) is 5.91 Å². The lowest BCUT2D eigenvalue weighted by molar-refractivity contribution is -0.139. The van der Waals surface area contributed by atoms with Crippen LogP contribution in [0.3, 0.4) is 0 Å². The predicted molar refractivity (Wildman–Crippen MR) is 103 cm³/mol. The van der Waals surface area contributed by atoms with Gasteiger partial charge in [0.25, 0.3) is 0 Å². The van der Waals surface area contributed by atoms with Crippen molar-refractivity contribution in [2.24, 2.45) is 0 Å². The lowest BCUT2D eigenvalue weighted by Gasteiger charge is -2.26. The van der Waals surface area contributed by atoms with Crippen molar-refractivity contribution in [1.29, 1.82) is 0 Å². The fraction of sp³-hybridized carbons (Fsp3) is 0.789. The van der Waals surface area contributed by atoms with Crippen molar-refractivity contribution in [2.45, 2.75) is 82.6 Å². The number of carbonyl (C=O) groups is 2. The summed E-state index contributed by atoms with van der Waals surface area (Å²) < 4.78 is -0.802. The molecule has 25 heavy (non-hydrogen) atoms. The maximum absolute atomic E-state index is 12.1. The molecule has 1 amide bonds. The zero-order valence-corrected chi connectivity index (χ0v) is 16.6. The number of aliphatic hydroxyl groups excluding tert-OH is 1. The minimum absolute atomic E-state index is 0.0200. The summed E-state index contributed by atoms with van der Waals surface area (Å²) >= 11 is 1.39. The first kappa shape index (κ1) is 22.0. The Labute approximate surface area is 155 Å². The molecule has 1 heterocycles. The SMILES string of the molecule is CCCCC[C@H](O)/C=C/[C@H]1CCC(=O)N1CCSC(C)(CC)C(=O)O. The monoisotopic (exact) mass is 371 g/mol. The van der Waals surface area contributed by atoms with E-state index in [1.54, 1.807) is 6.92 Å². The summed E-state index contributed by atoms with van der Waals surface area (Å²) in [6, 6.07) is 0.0200. The molecule has 144 valence electrons. The van der Waals surface area contributed by atoms with Crippen molar-refractivity contribution in [3.05, 3.63) is 12.2 Å². The van der Waals surface area contributed by atoms with E-state index >= 15 is 0 Å². The smallest absolute Gasteiger partial charge is 0.319 e. The fourth-order valence-corrected chi connectivity index (χ4v) is 3.95. The number of aliphatic carboxylic acids is 1. The van der Waals surface area contributed by atoms with E-state index in [1.807, 2.05) is 24.0 Å². The van der Waals surface area contributed by atoms with E-state index in [4.69, 9.17) is 0 Å². The van der Waals surface area contributed by atoms with Crippen LogP contribution in [-0.4, -0.2) is 56.2 Å². The quantitative estimate of drug-likeness (QED) is 0.406. The molecular weight excluding hydrogens is 338 g/mol. The molecule has 0 aromatic carbocycles. The summed E-state index contributed by atoms with van der Waals surface area (Å²) in [5, 5.41) is 19.3. The molecule has 0 aromatic heterocycles. The number of aliphatic hydroxyl groups is 1. The Morgan fingerprint density at radius 2 is 2.16 bits per heavy atom. The highest BCUT2D eigenvalue weighted by Gasteiger charge is 2.33. The van der Waals surface area contributed by atoms with Gasteiger partial charge < -0.3 is 15.1 Å². The number of rotatable bonds is 12. The van der Waals surface area contributed by atoms with Crippen LogP contribution in [0.5, 0.6) is 0 Å². The van der Waals surface area contributed by atoms with E-state index in [0.717, 1.165) is 32.1 Å². The first-order valence-electron chi connectivity index (χ1n) is 9.37. The summed E-state index contributed by atoms with van der Waals surface area (Å²) in [6.45, 7) is 6.28. The molecule has 0 spiro atoms. The van der Waals surface area contributed by atoms with Crippen LogP contribution < -0.4 is 0 Å². The van der Waals surface area contributed by atoms with Crippen molar-refractivity contribution in [1.82, 2.24) is 4.90 Å². The van der Waals surface area contributed by atoms with Gasteiger partial charge in [0.15, 0.2) is 0 Å². The van der Waals surface area contributed by atoms with E-state index in [2.05, 4.69) is 6.92 Å². The van der Waals surface area contributed by atoms with Crippen LogP contribution in [0.4, 0.5) is 0 Å². The molecule has 1 aliphatic heterocycles. The van der Waals surface area contributed by atoms with Gasteiger partial charge in [-0.2, -0.15) is 0 Å². The number of nitrogens with zero attached hydrogens (tertiary/aromatic N) is 1. The Kier molecular flexibility index (Phi) is 9.57. The highest BCUT2D eigenvalue weighted by Crippen LogP contribution is 2.30. The standard InChI is InChI=1S/C19H33NO4S/c1-4-6-7-8-16(21)11-9-15-10-12-17(22)20(15)13-14-25-19(3,5-2)18(23)24/h9,11,15-16,21H,4-8,10,12-14H2,1-3H3,(H,23,24)/b11-9+/t15-,16-,19?/m0/s1. The van der Waals surface area contributed by atoms with Gasteiger partial charge in [-0.25, -0.2) is 0 Å². The molecule has 0 radical (unpaired) electrons. The number of amides is 1. The topological polar surface area (TPSA) is 77.8 Å². The molecule has 0 saturated carbocycles. The van der Waals surface area contributed by atoms with Crippen molar-refractivity contribution in [2.75, 3.05) is 12.3 Å². The molecule has 0 bridgehead atoms. The van der Waals surface area contributed by atoms with Gasteiger partial charge in [-0.05, 0) is 26.2 Å².